The standard InChI is InChI=1S/C22H40N2O3S.C3H8/c1-8-11-12-28-18(9-2)19(27-23-7)20(25)24-22(10-3)14-17(16(4)5)13-21(6,26)15-22;1-3-2/h16-17,26H,7-15H2,1-6H3,(H,24,25);3H2,1-2H3/b19-18+;. The summed E-state index contributed by atoms with van der Waals surface area (Å²) in [5, 5.41) is 17.7. The monoisotopic (exact) mass is 456 g/mol. The van der Waals surface area contributed by atoms with Crippen molar-refractivity contribution in [1.82, 2.24) is 5.32 Å². The van der Waals surface area contributed by atoms with Gasteiger partial charge in [0.15, 0.2) is 0 Å². The lowest BCUT2D eigenvalue weighted by atomic mass is 9.65. The predicted molar refractivity (Wildman–Crippen MR) is 135 cm³/mol. The molecule has 1 saturated carbocycles. The molecule has 0 radical (unpaired) electrons. The van der Waals surface area contributed by atoms with Crippen molar-refractivity contribution in [3.05, 3.63) is 10.7 Å². The number of allylic oxidation sites excluding steroid dienone is 1. The Hall–Kier alpha value is -1.01. The van der Waals surface area contributed by atoms with E-state index in [2.05, 4.69) is 58.7 Å². The fraction of sp³-hybridized carbons (Fsp3) is 0.840. The van der Waals surface area contributed by atoms with Crippen molar-refractivity contribution in [3.63, 3.8) is 0 Å². The molecule has 0 aliphatic heterocycles. The lowest BCUT2D eigenvalue weighted by Crippen LogP contribution is -2.58. The van der Waals surface area contributed by atoms with E-state index in [1.807, 2.05) is 13.8 Å². The van der Waals surface area contributed by atoms with Crippen LogP contribution in [0.2, 0.25) is 0 Å². The minimum absolute atomic E-state index is 0.248. The van der Waals surface area contributed by atoms with Gasteiger partial charge in [-0.15, -0.1) is 11.8 Å². The minimum atomic E-state index is -0.790. The smallest absolute Gasteiger partial charge is 0.291 e. The van der Waals surface area contributed by atoms with Crippen LogP contribution in [0, 0.1) is 11.8 Å². The van der Waals surface area contributed by atoms with Gasteiger partial charge in [-0.1, -0.05) is 66.5 Å². The maximum Gasteiger partial charge on any atom is 0.291 e. The Morgan fingerprint density at radius 2 is 1.87 bits per heavy atom. The largest absolute Gasteiger partial charge is 0.390 e. The Morgan fingerprint density at radius 1 is 1.26 bits per heavy atom. The third-order valence-electron chi connectivity index (χ3n) is 5.78. The molecule has 0 saturated heterocycles. The van der Waals surface area contributed by atoms with Gasteiger partial charge in [0.05, 0.1) is 5.60 Å². The summed E-state index contributed by atoms with van der Waals surface area (Å²) in [7, 11) is 0. The number of carbonyl (C=O) groups is 1. The Labute approximate surface area is 195 Å². The van der Waals surface area contributed by atoms with Crippen molar-refractivity contribution in [2.45, 2.75) is 118 Å². The number of carbonyl (C=O) groups excluding carboxylic acids is 1. The average molecular weight is 457 g/mol. The van der Waals surface area contributed by atoms with Gasteiger partial charge in [0, 0.05) is 17.2 Å². The molecule has 1 rings (SSSR count). The number of aliphatic hydroxyl groups is 1. The zero-order valence-corrected chi connectivity index (χ0v) is 22.2. The summed E-state index contributed by atoms with van der Waals surface area (Å²) in [5.74, 6) is 1.75. The number of hydrogen-bond acceptors (Lipinski definition) is 5. The van der Waals surface area contributed by atoms with Crippen molar-refractivity contribution in [2.24, 2.45) is 17.0 Å². The Morgan fingerprint density at radius 3 is 2.32 bits per heavy atom. The second-order valence-electron chi connectivity index (χ2n) is 9.41. The highest BCUT2D eigenvalue weighted by atomic mass is 32.2. The summed E-state index contributed by atoms with van der Waals surface area (Å²) in [6.07, 6.45) is 7.09. The van der Waals surface area contributed by atoms with Gasteiger partial charge >= 0.3 is 0 Å². The average Bonchev–Trinajstić information content (AvgIpc) is 2.69. The number of unbranched alkanes of at least 4 members (excludes halogenated alkanes) is 1. The Kier molecular flexibility index (Phi) is 14.5. The van der Waals surface area contributed by atoms with Gasteiger partial charge in [0.2, 0.25) is 5.76 Å². The molecule has 31 heavy (non-hydrogen) atoms. The van der Waals surface area contributed by atoms with E-state index in [0.717, 1.165) is 42.8 Å². The van der Waals surface area contributed by atoms with Gasteiger partial charge in [-0.25, -0.2) is 0 Å². The number of amides is 1. The molecule has 0 heterocycles. The highest BCUT2D eigenvalue weighted by molar-refractivity contribution is 8.03. The van der Waals surface area contributed by atoms with Crippen LogP contribution in [0.1, 0.15) is 107 Å². The zero-order valence-electron chi connectivity index (χ0n) is 21.3. The van der Waals surface area contributed by atoms with E-state index in [1.54, 1.807) is 11.8 Å². The van der Waals surface area contributed by atoms with E-state index in [4.69, 9.17) is 4.84 Å². The van der Waals surface area contributed by atoms with Crippen LogP contribution in [0.15, 0.2) is 15.8 Å². The molecule has 3 unspecified atom stereocenters. The van der Waals surface area contributed by atoms with E-state index in [-0.39, 0.29) is 11.7 Å². The first-order valence-corrected chi connectivity index (χ1v) is 13.1. The number of rotatable bonds is 11. The summed E-state index contributed by atoms with van der Waals surface area (Å²) in [5.41, 5.74) is -1.24. The van der Waals surface area contributed by atoms with Crippen molar-refractivity contribution in [3.8, 4) is 0 Å². The van der Waals surface area contributed by atoms with Gasteiger partial charge in [-0.3, -0.25) is 4.79 Å². The molecule has 0 bridgehead atoms. The molecule has 0 aromatic carbocycles. The number of nitrogens with zero attached hydrogens (tertiary/aromatic N) is 1. The van der Waals surface area contributed by atoms with Gasteiger partial charge in [-0.05, 0) is 63.0 Å². The predicted octanol–water partition coefficient (Wildman–Crippen LogP) is 6.66. The number of thioether (sulfide) groups is 1. The Bertz CT molecular complexity index is 575. The first-order chi connectivity index (χ1) is 14.5. The molecule has 1 aliphatic carbocycles. The van der Waals surface area contributed by atoms with Crippen molar-refractivity contribution in [1.29, 1.82) is 0 Å². The second-order valence-corrected chi connectivity index (χ2v) is 10.6. The van der Waals surface area contributed by atoms with Crippen molar-refractivity contribution >= 4 is 24.4 Å². The lowest BCUT2D eigenvalue weighted by molar-refractivity contribution is -0.126. The summed E-state index contributed by atoms with van der Waals surface area (Å²) in [6.45, 7) is 20.1. The minimum Gasteiger partial charge on any atom is -0.390 e. The molecular formula is C25H48N2O3S. The van der Waals surface area contributed by atoms with Crippen LogP contribution in [0.25, 0.3) is 0 Å². The molecular weight excluding hydrogens is 408 g/mol. The molecule has 1 aliphatic rings. The molecule has 182 valence electrons. The number of nitrogens with one attached hydrogen (secondary N) is 1. The van der Waals surface area contributed by atoms with E-state index in [1.165, 1.54) is 6.42 Å². The van der Waals surface area contributed by atoms with Gasteiger partial charge < -0.3 is 15.3 Å². The van der Waals surface area contributed by atoms with Crippen LogP contribution in [0.3, 0.4) is 0 Å². The third-order valence-corrected chi connectivity index (χ3v) is 7.10. The van der Waals surface area contributed by atoms with Crippen molar-refractivity contribution in [2.75, 3.05) is 5.75 Å². The molecule has 5 nitrogen and oxygen atoms in total. The quantitative estimate of drug-likeness (QED) is 0.120. The maximum atomic E-state index is 13.2. The highest BCUT2D eigenvalue weighted by Crippen LogP contribution is 2.43. The molecule has 0 spiro atoms. The molecule has 1 amide bonds. The fourth-order valence-corrected chi connectivity index (χ4v) is 5.33. The van der Waals surface area contributed by atoms with Crippen LogP contribution in [-0.2, 0) is 9.63 Å². The van der Waals surface area contributed by atoms with E-state index < -0.39 is 11.1 Å². The van der Waals surface area contributed by atoms with Crippen molar-refractivity contribution < 1.29 is 14.7 Å². The molecule has 0 aromatic rings. The maximum absolute atomic E-state index is 13.2. The lowest BCUT2D eigenvalue weighted by Gasteiger charge is -2.48. The third kappa shape index (κ3) is 10.4. The van der Waals surface area contributed by atoms with Crippen LogP contribution in [-0.4, -0.2) is 34.6 Å². The summed E-state index contributed by atoms with van der Waals surface area (Å²) in [4.78, 5) is 19.4. The Balaban J connectivity index is 0.00000282. The number of oxime groups is 1. The fourth-order valence-electron chi connectivity index (χ4n) is 4.19. The van der Waals surface area contributed by atoms with E-state index in [0.29, 0.717) is 24.7 Å². The SMILES string of the molecule is C=NO/C(C(=O)NC1(CC)CC(C(C)C)CC(C)(O)C1)=C(\CC)SCCCC.CCC. The summed E-state index contributed by atoms with van der Waals surface area (Å²) in [6, 6.07) is 0. The van der Waals surface area contributed by atoms with Crippen LogP contribution < -0.4 is 5.32 Å². The van der Waals surface area contributed by atoms with Crippen LogP contribution in [0.4, 0.5) is 0 Å². The highest BCUT2D eigenvalue weighted by Gasteiger charge is 2.46. The van der Waals surface area contributed by atoms with E-state index >= 15 is 0 Å². The van der Waals surface area contributed by atoms with Gasteiger partial charge in [0.1, 0.15) is 0 Å². The topological polar surface area (TPSA) is 70.9 Å². The first kappa shape index (κ1) is 30.0. The van der Waals surface area contributed by atoms with Gasteiger partial charge in [0.25, 0.3) is 5.91 Å². The molecule has 2 N–H and O–H groups in total. The molecule has 3 atom stereocenters. The van der Waals surface area contributed by atoms with Crippen LogP contribution in [0.5, 0.6) is 0 Å². The second kappa shape index (κ2) is 14.9. The number of hydrogen-bond donors (Lipinski definition) is 2. The molecule has 6 heteroatoms. The summed E-state index contributed by atoms with van der Waals surface area (Å²) >= 11 is 1.65. The molecule has 0 aromatic heterocycles. The van der Waals surface area contributed by atoms with Gasteiger partial charge in [-0.2, -0.15) is 0 Å². The summed E-state index contributed by atoms with van der Waals surface area (Å²) < 4.78 is 0. The van der Waals surface area contributed by atoms with E-state index in [9.17, 15) is 9.90 Å². The molecule has 1 fully saturated rings. The first-order valence-electron chi connectivity index (χ1n) is 12.1. The normalized spacial score (nSPS) is 26.5. The van der Waals surface area contributed by atoms with Crippen LogP contribution >= 0.6 is 11.8 Å². The zero-order chi connectivity index (χ0) is 24.1.